The molecule has 1 N–H and O–H groups in total. The molecular formula is C24H31BrN2O2. The van der Waals surface area contributed by atoms with Crippen molar-refractivity contribution in [1.29, 1.82) is 0 Å². The Labute approximate surface area is 181 Å². The van der Waals surface area contributed by atoms with Crippen LogP contribution in [-0.4, -0.2) is 10.5 Å². The summed E-state index contributed by atoms with van der Waals surface area (Å²) >= 11 is 3.43. The lowest BCUT2D eigenvalue weighted by molar-refractivity contribution is 0.0910. The van der Waals surface area contributed by atoms with Crippen LogP contribution in [0.2, 0.25) is 0 Å². The van der Waals surface area contributed by atoms with Crippen LogP contribution in [0.15, 0.2) is 39.6 Å². The van der Waals surface area contributed by atoms with Crippen LogP contribution < -0.4 is 10.9 Å². The van der Waals surface area contributed by atoms with E-state index in [1.807, 2.05) is 39.0 Å². The van der Waals surface area contributed by atoms with Gasteiger partial charge in [0, 0.05) is 12.2 Å². The van der Waals surface area contributed by atoms with E-state index in [2.05, 4.69) is 33.4 Å². The van der Waals surface area contributed by atoms with E-state index in [-0.39, 0.29) is 17.5 Å². The van der Waals surface area contributed by atoms with E-state index in [9.17, 15) is 9.59 Å². The summed E-state index contributed by atoms with van der Waals surface area (Å²) in [6.07, 6.45) is 6.82. The lowest BCUT2D eigenvalue weighted by Crippen LogP contribution is -2.37. The third kappa shape index (κ3) is 4.66. The van der Waals surface area contributed by atoms with Crippen molar-refractivity contribution in [2.75, 3.05) is 0 Å². The van der Waals surface area contributed by atoms with Crippen LogP contribution in [0.1, 0.15) is 78.7 Å². The fourth-order valence-electron chi connectivity index (χ4n) is 4.59. The zero-order valence-corrected chi connectivity index (χ0v) is 19.2. The van der Waals surface area contributed by atoms with Crippen molar-refractivity contribution in [2.45, 2.75) is 71.9 Å². The largest absolute Gasteiger partial charge is 0.345 e. The summed E-state index contributed by atoms with van der Waals surface area (Å²) in [6.45, 7) is 6.37. The number of nitrogens with one attached hydrogen (secondary N) is 1. The van der Waals surface area contributed by atoms with E-state index in [0.717, 1.165) is 30.5 Å². The van der Waals surface area contributed by atoms with Crippen LogP contribution in [0.3, 0.4) is 0 Å². The average Bonchev–Trinajstić information content (AvgIpc) is 2.75. The number of halogens is 1. The molecule has 1 fully saturated rings. The van der Waals surface area contributed by atoms with Crippen molar-refractivity contribution in [3.63, 3.8) is 0 Å². The van der Waals surface area contributed by atoms with E-state index >= 15 is 0 Å². The minimum absolute atomic E-state index is 0.00636. The van der Waals surface area contributed by atoms with Crippen LogP contribution in [-0.2, 0) is 6.54 Å². The first-order valence-corrected chi connectivity index (χ1v) is 11.5. The summed E-state index contributed by atoms with van der Waals surface area (Å²) in [5.74, 6) is 0.352. The molecule has 0 spiro atoms. The van der Waals surface area contributed by atoms with Crippen LogP contribution in [0.4, 0.5) is 0 Å². The summed E-state index contributed by atoms with van der Waals surface area (Å²) in [4.78, 5) is 26.1. The second kappa shape index (κ2) is 9.75. The van der Waals surface area contributed by atoms with Crippen molar-refractivity contribution in [2.24, 2.45) is 5.92 Å². The fourth-order valence-corrected chi connectivity index (χ4v) is 5.00. The van der Waals surface area contributed by atoms with Gasteiger partial charge in [0.1, 0.15) is 0 Å². The second-order valence-corrected chi connectivity index (χ2v) is 8.91. The molecular weight excluding hydrogens is 428 g/mol. The first kappa shape index (κ1) is 21.8. The Morgan fingerprint density at radius 2 is 1.83 bits per heavy atom. The van der Waals surface area contributed by atoms with Crippen molar-refractivity contribution in [3.8, 4) is 0 Å². The van der Waals surface area contributed by atoms with Gasteiger partial charge in [-0.05, 0) is 66.1 Å². The zero-order chi connectivity index (χ0) is 21.0. The summed E-state index contributed by atoms with van der Waals surface area (Å²) in [5.41, 5.74) is 3.16. The number of hydrogen-bond acceptors (Lipinski definition) is 2. The molecule has 1 aromatic heterocycles. The first-order valence-electron chi connectivity index (χ1n) is 10.7. The van der Waals surface area contributed by atoms with Crippen molar-refractivity contribution < 1.29 is 4.79 Å². The normalized spacial score (nSPS) is 15.9. The maximum Gasteiger partial charge on any atom is 0.265 e. The Kier molecular flexibility index (Phi) is 7.33. The van der Waals surface area contributed by atoms with E-state index in [4.69, 9.17) is 0 Å². The minimum Gasteiger partial charge on any atom is -0.345 e. The molecule has 3 rings (SSSR count). The molecule has 1 heterocycles. The predicted molar refractivity (Wildman–Crippen MR) is 121 cm³/mol. The number of carbonyl (C=O) groups is 1. The molecule has 1 unspecified atom stereocenters. The van der Waals surface area contributed by atoms with Gasteiger partial charge >= 0.3 is 0 Å². The van der Waals surface area contributed by atoms with E-state index in [1.165, 1.54) is 19.3 Å². The summed E-state index contributed by atoms with van der Waals surface area (Å²) in [6, 6.07) is 10.3. The van der Waals surface area contributed by atoms with Gasteiger partial charge in [0.05, 0.1) is 16.1 Å². The quantitative estimate of drug-likeness (QED) is 0.604. The van der Waals surface area contributed by atoms with Crippen molar-refractivity contribution >= 4 is 21.8 Å². The van der Waals surface area contributed by atoms with Crippen LogP contribution >= 0.6 is 15.9 Å². The van der Waals surface area contributed by atoms with Gasteiger partial charge in [-0.1, -0.05) is 56.5 Å². The number of pyridine rings is 1. The number of carbonyl (C=O) groups excluding carboxylic acids is 1. The highest BCUT2D eigenvalue weighted by molar-refractivity contribution is 9.10. The maximum atomic E-state index is 13.5. The average molecular weight is 459 g/mol. The molecule has 0 bridgehead atoms. The summed E-state index contributed by atoms with van der Waals surface area (Å²) < 4.78 is 2.19. The third-order valence-corrected chi connectivity index (χ3v) is 7.08. The Hall–Kier alpha value is -1.88. The molecule has 156 valence electrons. The van der Waals surface area contributed by atoms with Crippen LogP contribution in [0.25, 0.3) is 0 Å². The van der Waals surface area contributed by atoms with Gasteiger partial charge in [-0.3, -0.25) is 9.59 Å². The van der Waals surface area contributed by atoms with Gasteiger partial charge in [-0.2, -0.15) is 0 Å². The lowest BCUT2D eigenvalue weighted by atomic mass is 9.81. The molecule has 29 heavy (non-hydrogen) atoms. The van der Waals surface area contributed by atoms with Gasteiger partial charge in [-0.25, -0.2) is 0 Å². The number of nitrogens with zero attached hydrogens (tertiary/aromatic N) is 1. The minimum atomic E-state index is -0.0926. The van der Waals surface area contributed by atoms with Crippen LogP contribution in [0, 0.1) is 19.8 Å². The highest BCUT2D eigenvalue weighted by atomic mass is 79.9. The Balaban J connectivity index is 1.99. The van der Waals surface area contributed by atoms with E-state index in [1.54, 1.807) is 4.57 Å². The molecule has 2 aromatic rings. The van der Waals surface area contributed by atoms with Gasteiger partial charge in [0.25, 0.3) is 11.5 Å². The number of benzene rings is 1. The zero-order valence-electron chi connectivity index (χ0n) is 17.6. The highest BCUT2D eigenvalue weighted by Gasteiger charge is 2.29. The molecule has 0 radical (unpaired) electrons. The number of hydrogen-bond donors (Lipinski definition) is 1. The molecule has 1 saturated carbocycles. The monoisotopic (exact) mass is 458 g/mol. The smallest absolute Gasteiger partial charge is 0.265 e. The lowest BCUT2D eigenvalue weighted by Gasteiger charge is -2.32. The topological polar surface area (TPSA) is 51.1 Å². The Bertz CT molecular complexity index is 915. The van der Waals surface area contributed by atoms with Gasteiger partial charge < -0.3 is 9.88 Å². The number of amides is 1. The SMILES string of the molecule is CCCn1c(C)c(C(=O)NC(c2ccccc2)C2CCCCC2)c(C)c(Br)c1=O. The molecule has 1 aromatic carbocycles. The highest BCUT2D eigenvalue weighted by Crippen LogP contribution is 2.35. The predicted octanol–water partition coefficient (Wildman–Crippen LogP) is 5.69. The van der Waals surface area contributed by atoms with Gasteiger partial charge in [-0.15, -0.1) is 0 Å². The third-order valence-electron chi connectivity index (χ3n) is 6.14. The number of rotatable bonds is 6. The Morgan fingerprint density at radius 3 is 2.45 bits per heavy atom. The van der Waals surface area contributed by atoms with E-state index < -0.39 is 0 Å². The van der Waals surface area contributed by atoms with Gasteiger partial charge in [0.2, 0.25) is 0 Å². The second-order valence-electron chi connectivity index (χ2n) is 8.12. The summed E-state index contributed by atoms with van der Waals surface area (Å²) in [7, 11) is 0. The molecule has 1 amide bonds. The molecule has 0 aliphatic heterocycles. The Morgan fingerprint density at radius 1 is 1.17 bits per heavy atom. The molecule has 0 saturated heterocycles. The maximum absolute atomic E-state index is 13.5. The molecule has 4 nitrogen and oxygen atoms in total. The van der Waals surface area contributed by atoms with E-state index in [0.29, 0.717) is 28.1 Å². The van der Waals surface area contributed by atoms with Crippen LogP contribution in [0.5, 0.6) is 0 Å². The fraction of sp³-hybridized carbons (Fsp3) is 0.500. The molecule has 1 aliphatic carbocycles. The first-order chi connectivity index (χ1) is 14.0. The molecule has 1 atom stereocenters. The van der Waals surface area contributed by atoms with Gasteiger partial charge in [0.15, 0.2) is 0 Å². The van der Waals surface area contributed by atoms with Crippen molar-refractivity contribution in [3.05, 3.63) is 67.5 Å². The summed E-state index contributed by atoms with van der Waals surface area (Å²) in [5, 5.41) is 3.34. The number of aromatic nitrogens is 1. The molecule has 1 aliphatic rings. The van der Waals surface area contributed by atoms with Crippen molar-refractivity contribution in [1.82, 2.24) is 9.88 Å². The standard InChI is InChI=1S/C24H31BrN2O2/c1-4-15-27-17(3)20(16(2)21(25)24(27)29)23(28)26-22(18-11-7-5-8-12-18)19-13-9-6-10-14-19/h5,7-8,11-12,19,22H,4,6,9-10,13-15H2,1-3H3,(H,26,28). The molecule has 5 heteroatoms.